The molecule has 2 rings (SSSR count). The molecule has 2 N–H and O–H groups in total. The van der Waals surface area contributed by atoms with Crippen molar-refractivity contribution in [1.29, 1.82) is 0 Å². The van der Waals surface area contributed by atoms with E-state index >= 15 is 0 Å². The quantitative estimate of drug-likeness (QED) is 0.580. The van der Waals surface area contributed by atoms with E-state index in [1.807, 2.05) is 0 Å². The van der Waals surface area contributed by atoms with E-state index in [1.54, 1.807) is 0 Å². The predicted molar refractivity (Wildman–Crippen MR) is 33.4 cm³/mol. The fourth-order valence-electron chi connectivity index (χ4n) is 1.93. The Morgan fingerprint density at radius 2 is 2.10 bits per heavy atom. The molecular weight excluding hydrogens is 132 g/mol. The number of aliphatic hydroxyl groups excluding tert-OH is 1. The summed E-state index contributed by atoms with van der Waals surface area (Å²) in [6.45, 7) is -0.178. The van der Waals surface area contributed by atoms with Gasteiger partial charge in [0.1, 0.15) is 0 Å². The molecule has 1 atom stereocenters. The smallest absolute Gasteiger partial charge is 0.312 e. The highest BCUT2D eigenvalue weighted by atomic mass is 16.4. The number of carbonyl (C=O) groups is 1. The van der Waals surface area contributed by atoms with Gasteiger partial charge in [0.2, 0.25) is 0 Å². The summed E-state index contributed by atoms with van der Waals surface area (Å²) in [5, 5.41) is 17.5. The largest absolute Gasteiger partial charge is 0.481 e. The predicted octanol–water partition coefficient (Wildman–Crippen LogP) is 0.234. The van der Waals surface area contributed by atoms with Crippen molar-refractivity contribution in [3.8, 4) is 0 Å². The zero-order chi connectivity index (χ0) is 7.41. The van der Waals surface area contributed by atoms with Crippen LogP contribution in [0.3, 0.4) is 0 Å². The normalized spacial score (nSPS) is 39.7. The molecule has 0 bridgehead atoms. The second kappa shape index (κ2) is 1.37. The first-order valence-electron chi connectivity index (χ1n) is 3.51. The summed E-state index contributed by atoms with van der Waals surface area (Å²) in [4.78, 5) is 10.6. The van der Waals surface area contributed by atoms with Crippen LogP contribution >= 0.6 is 0 Å². The van der Waals surface area contributed by atoms with Gasteiger partial charge < -0.3 is 10.2 Å². The molecule has 1 unspecified atom stereocenters. The van der Waals surface area contributed by atoms with Crippen molar-refractivity contribution in [2.75, 3.05) is 6.61 Å². The van der Waals surface area contributed by atoms with Crippen LogP contribution in [0.5, 0.6) is 0 Å². The van der Waals surface area contributed by atoms with Gasteiger partial charge in [-0.1, -0.05) is 0 Å². The monoisotopic (exact) mass is 142 g/mol. The van der Waals surface area contributed by atoms with Crippen LogP contribution in [0.15, 0.2) is 0 Å². The molecule has 0 heterocycles. The lowest BCUT2D eigenvalue weighted by Gasteiger charge is -2.05. The first kappa shape index (κ1) is 6.16. The van der Waals surface area contributed by atoms with Gasteiger partial charge in [0.25, 0.3) is 0 Å². The third-order valence-corrected chi connectivity index (χ3v) is 3.06. The number of hydrogen-bond acceptors (Lipinski definition) is 2. The van der Waals surface area contributed by atoms with Crippen LogP contribution in [-0.2, 0) is 4.79 Å². The van der Waals surface area contributed by atoms with Crippen molar-refractivity contribution < 1.29 is 15.0 Å². The van der Waals surface area contributed by atoms with E-state index in [9.17, 15) is 4.79 Å². The first-order chi connectivity index (χ1) is 4.67. The highest BCUT2D eigenvalue weighted by Gasteiger charge is 2.77. The van der Waals surface area contributed by atoms with Crippen LogP contribution < -0.4 is 0 Å². The van der Waals surface area contributed by atoms with E-state index in [-0.39, 0.29) is 12.0 Å². The molecule has 2 fully saturated rings. The second-order valence-corrected chi connectivity index (χ2v) is 3.50. The summed E-state index contributed by atoms with van der Waals surface area (Å²) >= 11 is 0. The Morgan fingerprint density at radius 1 is 1.50 bits per heavy atom. The van der Waals surface area contributed by atoms with Crippen LogP contribution in [0.1, 0.15) is 19.3 Å². The molecule has 56 valence electrons. The van der Waals surface area contributed by atoms with Crippen molar-refractivity contribution in [3.63, 3.8) is 0 Å². The van der Waals surface area contributed by atoms with Crippen LogP contribution in [0.4, 0.5) is 0 Å². The molecule has 3 heteroatoms. The zero-order valence-electron chi connectivity index (χ0n) is 5.63. The number of carboxylic acid groups (broad SMARTS) is 1. The van der Waals surface area contributed by atoms with E-state index in [1.165, 1.54) is 0 Å². The second-order valence-electron chi connectivity index (χ2n) is 3.50. The maximum atomic E-state index is 10.6. The Morgan fingerprint density at radius 3 is 2.20 bits per heavy atom. The zero-order valence-corrected chi connectivity index (χ0v) is 5.63. The van der Waals surface area contributed by atoms with E-state index in [0.29, 0.717) is 6.42 Å². The van der Waals surface area contributed by atoms with Crippen molar-refractivity contribution in [1.82, 2.24) is 0 Å². The summed E-state index contributed by atoms with van der Waals surface area (Å²) in [6, 6.07) is 0. The molecule has 0 aromatic rings. The van der Waals surface area contributed by atoms with E-state index in [4.69, 9.17) is 10.2 Å². The van der Waals surface area contributed by atoms with Crippen LogP contribution in [0.2, 0.25) is 0 Å². The van der Waals surface area contributed by atoms with E-state index < -0.39 is 11.4 Å². The lowest BCUT2D eigenvalue weighted by Crippen LogP contribution is -2.22. The molecular formula is C7H10O3. The van der Waals surface area contributed by atoms with E-state index in [0.717, 1.165) is 12.8 Å². The van der Waals surface area contributed by atoms with Crippen LogP contribution in [0.25, 0.3) is 0 Å². The summed E-state index contributed by atoms with van der Waals surface area (Å²) < 4.78 is 0. The highest BCUT2D eigenvalue weighted by Crippen LogP contribution is 2.78. The van der Waals surface area contributed by atoms with Crippen molar-refractivity contribution in [2.45, 2.75) is 19.3 Å². The van der Waals surface area contributed by atoms with Gasteiger partial charge in [-0.05, 0) is 24.7 Å². The van der Waals surface area contributed by atoms with Crippen molar-refractivity contribution in [3.05, 3.63) is 0 Å². The Bertz CT molecular complexity index is 195. The molecule has 2 saturated carbocycles. The summed E-state index contributed by atoms with van der Waals surface area (Å²) in [7, 11) is 0. The minimum absolute atomic E-state index is 0.0353. The van der Waals surface area contributed by atoms with Gasteiger partial charge in [-0.2, -0.15) is 0 Å². The van der Waals surface area contributed by atoms with Gasteiger partial charge in [-0.25, -0.2) is 0 Å². The number of carboxylic acids is 1. The molecule has 2 aliphatic carbocycles. The van der Waals surface area contributed by atoms with Gasteiger partial charge in [-0.15, -0.1) is 0 Å². The number of aliphatic hydroxyl groups is 1. The minimum atomic E-state index is -0.813. The van der Waals surface area contributed by atoms with Crippen LogP contribution in [-0.4, -0.2) is 22.8 Å². The summed E-state index contributed by atoms with van der Waals surface area (Å²) in [5.74, 6) is -0.813. The van der Waals surface area contributed by atoms with Crippen molar-refractivity contribution >= 4 is 5.97 Å². The van der Waals surface area contributed by atoms with Gasteiger partial charge in [0.15, 0.2) is 0 Å². The average Bonchev–Trinajstić information content (AvgIpc) is 2.74. The topological polar surface area (TPSA) is 57.5 Å². The average molecular weight is 142 g/mol. The number of hydrogen-bond donors (Lipinski definition) is 2. The fourth-order valence-corrected chi connectivity index (χ4v) is 1.93. The maximum Gasteiger partial charge on any atom is 0.312 e. The molecule has 0 saturated heterocycles. The number of aliphatic carboxylic acids is 1. The third kappa shape index (κ3) is 0.440. The fraction of sp³-hybridized carbons (Fsp3) is 0.857. The number of rotatable bonds is 2. The molecule has 3 nitrogen and oxygen atoms in total. The van der Waals surface area contributed by atoms with Gasteiger partial charge in [0.05, 0.1) is 12.0 Å². The lowest BCUT2D eigenvalue weighted by molar-refractivity contribution is -0.145. The minimum Gasteiger partial charge on any atom is -0.481 e. The SMILES string of the molecule is O=C(O)C1(CO)CC12CC2. The molecule has 0 aromatic carbocycles. The van der Waals surface area contributed by atoms with Gasteiger partial charge >= 0.3 is 5.97 Å². The van der Waals surface area contributed by atoms with Crippen LogP contribution in [0, 0.1) is 10.8 Å². The summed E-state index contributed by atoms with van der Waals surface area (Å²) in [6.07, 6.45) is 2.70. The van der Waals surface area contributed by atoms with Gasteiger partial charge in [0, 0.05) is 0 Å². The Kier molecular flexibility index (Phi) is 0.844. The lowest BCUT2D eigenvalue weighted by atomic mass is 10.1. The van der Waals surface area contributed by atoms with Gasteiger partial charge in [-0.3, -0.25) is 4.79 Å². The molecule has 0 amide bonds. The molecule has 0 aliphatic heterocycles. The molecule has 0 aromatic heterocycles. The standard InChI is InChI=1S/C7H10O3/c8-4-7(5(9)10)3-6(7)1-2-6/h8H,1-4H2,(H,9,10). The van der Waals surface area contributed by atoms with E-state index in [2.05, 4.69) is 0 Å². The Hall–Kier alpha value is -0.570. The Balaban J connectivity index is 2.20. The third-order valence-electron chi connectivity index (χ3n) is 3.06. The van der Waals surface area contributed by atoms with Crippen molar-refractivity contribution in [2.24, 2.45) is 10.8 Å². The highest BCUT2D eigenvalue weighted by molar-refractivity contribution is 5.81. The molecule has 2 aliphatic rings. The maximum absolute atomic E-state index is 10.6. The summed E-state index contributed by atoms with van der Waals surface area (Å²) in [5.41, 5.74) is -0.694. The molecule has 1 spiro atoms. The Labute approximate surface area is 58.7 Å². The molecule has 0 radical (unpaired) electrons. The first-order valence-corrected chi connectivity index (χ1v) is 3.51. The molecule has 10 heavy (non-hydrogen) atoms.